The number of rotatable bonds is 10. The van der Waals surface area contributed by atoms with Crippen LogP contribution in [0.25, 0.3) is 16.9 Å². The molecule has 0 spiro atoms. The van der Waals surface area contributed by atoms with Gasteiger partial charge < -0.3 is 14.3 Å². The number of ether oxygens (including phenoxy) is 1. The Morgan fingerprint density at radius 3 is 2.39 bits per heavy atom. The number of aryl methyl sites for hydroxylation is 1. The van der Waals surface area contributed by atoms with Crippen LogP contribution in [-0.2, 0) is 11.3 Å². The molecule has 1 unspecified atom stereocenters. The van der Waals surface area contributed by atoms with E-state index < -0.39 is 11.3 Å². The number of imidazole rings is 1. The minimum Gasteiger partial charge on any atom is -0.724 e. The van der Waals surface area contributed by atoms with Crippen LogP contribution in [0.4, 0.5) is 5.69 Å². The van der Waals surface area contributed by atoms with Gasteiger partial charge in [0, 0.05) is 18.1 Å². The van der Waals surface area contributed by atoms with Gasteiger partial charge in [-0.1, -0.05) is 13.8 Å². The molecule has 0 bridgehead atoms. The second-order valence-corrected chi connectivity index (χ2v) is 9.12. The van der Waals surface area contributed by atoms with Crippen molar-refractivity contribution in [1.29, 1.82) is 0 Å². The first-order valence-electron chi connectivity index (χ1n) is 11.5. The van der Waals surface area contributed by atoms with Crippen LogP contribution in [-0.4, -0.2) is 48.0 Å². The first-order valence-corrected chi connectivity index (χ1v) is 12.5. The Morgan fingerprint density at radius 2 is 1.85 bits per heavy atom. The lowest BCUT2D eigenvalue weighted by molar-refractivity contribution is 0.341. The summed E-state index contributed by atoms with van der Waals surface area (Å²) >= 11 is -2.38. The number of fused-ring (bicyclic) bond motifs is 1. The van der Waals surface area contributed by atoms with Gasteiger partial charge in [0.25, 0.3) is 5.56 Å². The summed E-state index contributed by atoms with van der Waals surface area (Å²) < 4.78 is 31.6. The quantitative estimate of drug-likeness (QED) is 0.352. The third-order valence-corrected chi connectivity index (χ3v) is 7.65. The molecule has 1 aromatic carbocycles. The fraction of sp³-hybridized carbons (Fsp3) is 0.522. The van der Waals surface area contributed by atoms with Crippen LogP contribution in [0, 0.1) is 6.92 Å². The van der Waals surface area contributed by atoms with E-state index in [4.69, 9.17) is 9.84 Å². The van der Waals surface area contributed by atoms with E-state index in [2.05, 4.69) is 23.8 Å². The number of quaternary nitrogens is 1. The molecule has 0 fully saturated rings. The molecule has 0 aliphatic rings. The van der Waals surface area contributed by atoms with Crippen molar-refractivity contribution in [2.24, 2.45) is 0 Å². The third-order valence-electron chi connectivity index (χ3n) is 6.35. The standard InChI is InChI=1S/C23H33N5O4S/c1-7-16(8-2)22-24-15(6)20-23(29)25-21(26-27(20)22)18-14-17(12-13-19(18)32-11-5)28(9-3,10-4)33(30)31/h12-14,16H,7-11H2,1-6H3,(H-,25,26,29,30,31). The predicted molar refractivity (Wildman–Crippen MR) is 130 cm³/mol. The zero-order chi connectivity index (χ0) is 24.3. The van der Waals surface area contributed by atoms with E-state index >= 15 is 0 Å². The van der Waals surface area contributed by atoms with Crippen LogP contribution >= 0.6 is 0 Å². The van der Waals surface area contributed by atoms with Gasteiger partial charge in [-0.15, -0.1) is 5.10 Å². The zero-order valence-corrected chi connectivity index (χ0v) is 21.0. The van der Waals surface area contributed by atoms with E-state index in [-0.39, 0.29) is 15.4 Å². The molecule has 0 aliphatic heterocycles. The molecule has 180 valence electrons. The van der Waals surface area contributed by atoms with Crippen LogP contribution in [0.3, 0.4) is 0 Å². The highest BCUT2D eigenvalue weighted by atomic mass is 32.2. The molecular weight excluding hydrogens is 442 g/mol. The average molecular weight is 476 g/mol. The molecule has 0 radical (unpaired) electrons. The number of aromatic amines is 1. The van der Waals surface area contributed by atoms with Gasteiger partial charge in [-0.3, -0.25) is 4.79 Å². The summed E-state index contributed by atoms with van der Waals surface area (Å²) in [6, 6.07) is 5.24. The lowest BCUT2D eigenvalue weighted by atomic mass is 10.0. The van der Waals surface area contributed by atoms with Gasteiger partial charge in [0.2, 0.25) is 0 Å². The van der Waals surface area contributed by atoms with Crippen molar-refractivity contribution in [2.45, 2.75) is 60.3 Å². The van der Waals surface area contributed by atoms with E-state index in [0.29, 0.717) is 53.7 Å². The number of hydrogen-bond donors (Lipinski definition) is 1. The predicted octanol–water partition coefficient (Wildman–Crippen LogP) is 3.84. The highest BCUT2D eigenvalue weighted by Gasteiger charge is 2.31. The smallest absolute Gasteiger partial charge is 0.277 e. The Hall–Kier alpha value is -2.56. The topological polar surface area (TPSA) is 112 Å². The molecule has 1 N–H and O–H groups in total. The van der Waals surface area contributed by atoms with Crippen LogP contribution in [0.1, 0.15) is 64.9 Å². The Morgan fingerprint density at radius 1 is 1.18 bits per heavy atom. The molecule has 0 saturated carbocycles. The summed E-state index contributed by atoms with van der Waals surface area (Å²) in [4.78, 5) is 20.6. The van der Waals surface area contributed by atoms with E-state index in [9.17, 15) is 13.6 Å². The zero-order valence-electron chi connectivity index (χ0n) is 20.2. The van der Waals surface area contributed by atoms with Crippen LogP contribution in [0.2, 0.25) is 0 Å². The molecule has 1 atom stereocenters. The largest absolute Gasteiger partial charge is 0.724 e. The van der Waals surface area contributed by atoms with Crippen molar-refractivity contribution in [3.63, 3.8) is 0 Å². The van der Waals surface area contributed by atoms with Gasteiger partial charge in [-0.25, -0.2) is 17.6 Å². The maximum absolute atomic E-state index is 13.1. The summed E-state index contributed by atoms with van der Waals surface area (Å²) in [7, 11) is 0. The van der Waals surface area contributed by atoms with Crippen LogP contribution in [0.5, 0.6) is 5.75 Å². The van der Waals surface area contributed by atoms with E-state index in [1.807, 2.05) is 27.7 Å². The lowest BCUT2D eigenvalue weighted by Crippen LogP contribution is -2.50. The van der Waals surface area contributed by atoms with E-state index in [0.717, 1.165) is 18.7 Å². The third kappa shape index (κ3) is 4.34. The second kappa shape index (κ2) is 10.1. The number of aromatic nitrogens is 4. The van der Waals surface area contributed by atoms with Crippen molar-refractivity contribution in [3.8, 4) is 17.1 Å². The highest BCUT2D eigenvalue weighted by molar-refractivity contribution is 7.78. The van der Waals surface area contributed by atoms with E-state index in [1.165, 1.54) is 0 Å². The molecule has 3 rings (SSSR count). The van der Waals surface area contributed by atoms with Crippen molar-refractivity contribution in [2.75, 3.05) is 19.7 Å². The molecule has 2 aromatic heterocycles. The fourth-order valence-corrected chi connectivity index (χ4v) is 5.06. The molecule has 3 aromatic rings. The minimum absolute atomic E-state index is 0.165. The molecule has 0 amide bonds. The SMILES string of the molecule is CCOc1ccc([N+](CC)(CC)S(=O)[O-])cc1-c1nn2c(C(CC)CC)nc(C)c2c(=O)[nH]1. The Balaban J connectivity index is 2.33. The second-order valence-electron chi connectivity index (χ2n) is 7.98. The van der Waals surface area contributed by atoms with Crippen LogP contribution in [0.15, 0.2) is 23.0 Å². The Kier molecular flexibility index (Phi) is 7.71. The molecule has 0 aliphatic carbocycles. The monoisotopic (exact) mass is 475 g/mol. The Labute approximate surface area is 196 Å². The molecule has 0 saturated heterocycles. The number of hydrogen-bond acceptors (Lipinski definition) is 6. The van der Waals surface area contributed by atoms with Crippen molar-refractivity contribution < 1.29 is 13.5 Å². The summed E-state index contributed by atoms with van der Waals surface area (Å²) in [6.07, 6.45) is 1.75. The summed E-state index contributed by atoms with van der Waals surface area (Å²) in [5, 5.41) is 4.76. The first kappa shape index (κ1) is 25.1. The minimum atomic E-state index is -2.38. The molecule has 33 heavy (non-hydrogen) atoms. The summed E-state index contributed by atoms with van der Waals surface area (Å²) in [5.74, 6) is 1.75. The average Bonchev–Trinajstić information content (AvgIpc) is 3.13. The fourth-order valence-electron chi connectivity index (χ4n) is 4.36. The summed E-state index contributed by atoms with van der Waals surface area (Å²) in [5.41, 5.74) is 1.86. The van der Waals surface area contributed by atoms with Crippen molar-refractivity contribution in [1.82, 2.24) is 23.5 Å². The molecule has 9 nitrogen and oxygen atoms in total. The number of H-pyrrole nitrogens is 1. The van der Waals surface area contributed by atoms with Gasteiger partial charge in [0.05, 0.1) is 31.0 Å². The number of nitrogens with one attached hydrogen (secondary N) is 1. The number of benzene rings is 1. The molecule has 10 heteroatoms. The normalized spacial score (nSPS) is 13.1. The highest BCUT2D eigenvalue weighted by Crippen LogP contribution is 2.35. The lowest BCUT2D eigenvalue weighted by Gasteiger charge is -2.36. The Bertz CT molecular complexity index is 1210. The van der Waals surface area contributed by atoms with Gasteiger partial charge in [-0.2, -0.15) is 0 Å². The molecule has 2 heterocycles. The maximum Gasteiger partial charge on any atom is 0.277 e. The maximum atomic E-state index is 13.1. The van der Waals surface area contributed by atoms with Gasteiger partial charge >= 0.3 is 0 Å². The van der Waals surface area contributed by atoms with Gasteiger partial charge in [0.1, 0.15) is 17.3 Å². The van der Waals surface area contributed by atoms with Crippen LogP contribution < -0.4 is 14.2 Å². The summed E-state index contributed by atoms with van der Waals surface area (Å²) in [6.45, 7) is 12.7. The first-order chi connectivity index (χ1) is 15.8. The van der Waals surface area contributed by atoms with Crippen molar-refractivity contribution >= 4 is 22.5 Å². The molecular formula is C23H33N5O4S. The van der Waals surface area contributed by atoms with Crippen molar-refractivity contribution in [3.05, 3.63) is 40.1 Å². The van der Waals surface area contributed by atoms with Gasteiger partial charge in [0.15, 0.2) is 22.6 Å². The van der Waals surface area contributed by atoms with E-state index in [1.54, 1.807) is 22.7 Å². The van der Waals surface area contributed by atoms with Gasteiger partial charge in [-0.05, 0) is 46.6 Å². The number of nitrogens with zero attached hydrogens (tertiary/aromatic N) is 4.